The molecule has 2 amide bonds. The van der Waals surface area contributed by atoms with Gasteiger partial charge in [-0.05, 0) is 43.9 Å². The number of anilines is 1. The molecule has 2 N–H and O–H groups in total. The van der Waals surface area contributed by atoms with Gasteiger partial charge in [0.25, 0.3) is 5.91 Å². The molecule has 0 aromatic carbocycles. The van der Waals surface area contributed by atoms with Gasteiger partial charge in [0.2, 0.25) is 11.9 Å². The summed E-state index contributed by atoms with van der Waals surface area (Å²) in [5, 5.41) is 0. The standard InChI is InChI=1S/C19H23N5O2S/c20-17(25)16-5-4-15(27-16)14-3-1-10-24(14)18(26)13-6-11-23(12-7-13)19-21-8-2-9-22-19/h2,4-5,8-9,13-14H,1,3,6-7,10-12H2,(H2,20,25)/t14-/m0/s1. The van der Waals surface area contributed by atoms with Gasteiger partial charge in [-0.15, -0.1) is 11.3 Å². The third-order valence-corrected chi connectivity index (χ3v) is 6.61. The molecule has 2 fully saturated rings. The number of likely N-dealkylation sites (tertiary alicyclic amines) is 1. The molecular weight excluding hydrogens is 362 g/mol. The molecule has 2 aliphatic rings. The fourth-order valence-electron chi connectivity index (χ4n) is 4.01. The molecule has 7 nitrogen and oxygen atoms in total. The van der Waals surface area contributed by atoms with E-state index >= 15 is 0 Å². The Balaban J connectivity index is 1.41. The van der Waals surface area contributed by atoms with E-state index in [1.807, 2.05) is 17.0 Å². The van der Waals surface area contributed by atoms with E-state index in [9.17, 15) is 9.59 Å². The lowest BCUT2D eigenvalue weighted by atomic mass is 9.95. The Labute approximate surface area is 162 Å². The number of hydrogen-bond acceptors (Lipinski definition) is 6. The van der Waals surface area contributed by atoms with E-state index in [1.54, 1.807) is 18.5 Å². The number of nitrogens with two attached hydrogens (primary N) is 1. The number of thiophene rings is 1. The van der Waals surface area contributed by atoms with Gasteiger partial charge in [0.15, 0.2) is 0 Å². The van der Waals surface area contributed by atoms with Crippen molar-refractivity contribution >= 4 is 29.1 Å². The van der Waals surface area contributed by atoms with Gasteiger partial charge >= 0.3 is 0 Å². The van der Waals surface area contributed by atoms with Gasteiger partial charge in [-0.2, -0.15) is 0 Å². The SMILES string of the molecule is NC(=O)c1ccc([C@@H]2CCCN2C(=O)C2CCN(c3ncccn3)CC2)s1. The molecule has 0 aliphatic carbocycles. The average molecular weight is 385 g/mol. The molecule has 0 bridgehead atoms. The van der Waals surface area contributed by atoms with E-state index in [2.05, 4.69) is 14.9 Å². The van der Waals surface area contributed by atoms with Crippen LogP contribution in [0.2, 0.25) is 0 Å². The molecule has 4 heterocycles. The predicted octanol–water partition coefficient (Wildman–Crippen LogP) is 2.22. The van der Waals surface area contributed by atoms with Crippen LogP contribution < -0.4 is 10.6 Å². The molecule has 142 valence electrons. The van der Waals surface area contributed by atoms with Crippen LogP contribution in [0.25, 0.3) is 0 Å². The highest BCUT2D eigenvalue weighted by atomic mass is 32.1. The second kappa shape index (κ2) is 7.64. The lowest BCUT2D eigenvalue weighted by molar-refractivity contribution is -0.137. The molecular formula is C19H23N5O2S. The summed E-state index contributed by atoms with van der Waals surface area (Å²) < 4.78 is 0. The van der Waals surface area contributed by atoms with E-state index < -0.39 is 5.91 Å². The third-order valence-electron chi connectivity index (χ3n) is 5.41. The van der Waals surface area contributed by atoms with Crippen LogP contribution >= 0.6 is 11.3 Å². The molecule has 0 radical (unpaired) electrons. The van der Waals surface area contributed by atoms with E-state index in [0.29, 0.717) is 4.88 Å². The van der Waals surface area contributed by atoms with Crippen LogP contribution in [0.15, 0.2) is 30.6 Å². The molecule has 2 aliphatic heterocycles. The Kier molecular flexibility index (Phi) is 5.07. The highest BCUT2D eigenvalue weighted by Crippen LogP contribution is 2.37. The molecule has 0 saturated carbocycles. The minimum absolute atomic E-state index is 0.0427. The van der Waals surface area contributed by atoms with Crippen molar-refractivity contribution in [3.63, 3.8) is 0 Å². The zero-order chi connectivity index (χ0) is 18.8. The number of carbonyl (C=O) groups is 2. The molecule has 0 spiro atoms. The van der Waals surface area contributed by atoms with Gasteiger partial charge < -0.3 is 15.5 Å². The zero-order valence-electron chi connectivity index (χ0n) is 15.1. The molecule has 27 heavy (non-hydrogen) atoms. The van der Waals surface area contributed by atoms with Crippen molar-refractivity contribution < 1.29 is 9.59 Å². The maximum atomic E-state index is 13.2. The van der Waals surface area contributed by atoms with Crippen LogP contribution in [0.5, 0.6) is 0 Å². The van der Waals surface area contributed by atoms with E-state index in [4.69, 9.17) is 5.73 Å². The molecule has 1 atom stereocenters. The van der Waals surface area contributed by atoms with Crippen molar-refractivity contribution in [1.29, 1.82) is 0 Å². The smallest absolute Gasteiger partial charge is 0.258 e. The molecule has 2 saturated heterocycles. The van der Waals surface area contributed by atoms with Crippen LogP contribution in [-0.4, -0.2) is 46.3 Å². The maximum Gasteiger partial charge on any atom is 0.258 e. The topological polar surface area (TPSA) is 92.4 Å². The van der Waals surface area contributed by atoms with Gasteiger partial charge in [0.05, 0.1) is 10.9 Å². The van der Waals surface area contributed by atoms with Crippen LogP contribution in [0, 0.1) is 5.92 Å². The molecule has 2 aromatic heterocycles. The molecule has 2 aromatic rings. The minimum Gasteiger partial charge on any atom is -0.365 e. The highest BCUT2D eigenvalue weighted by molar-refractivity contribution is 7.14. The van der Waals surface area contributed by atoms with Crippen LogP contribution in [-0.2, 0) is 4.79 Å². The normalized spacial score (nSPS) is 20.8. The zero-order valence-corrected chi connectivity index (χ0v) is 15.9. The van der Waals surface area contributed by atoms with E-state index in [-0.39, 0.29) is 17.9 Å². The van der Waals surface area contributed by atoms with Crippen molar-refractivity contribution in [3.8, 4) is 0 Å². The number of nitrogens with zero attached hydrogens (tertiary/aromatic N) is 4. The second-order valence-electron chi connectivity index (χ2n) is 7.07. The second-order valence-corrected chi connectivity index (χ2v) is 8.18. The Morgan fingerprint density at radius 1 is 1.07 bits per heavy atom. The Morgan fingerprint density at radius 2 is 1.81 bits per heavy atom. The largest absolute Gasteiger partial charge is 0.365 e. The Morgan fingerprint density at radius 3 is 2.48 bits per heavy atom. The van der Waals surface area contributed by atoms with Crippen LogP contribution in [0.3, 0.4) is 0 Å². The predicted molar refractivity (Wildman–Crippen MR) is 103 cm³/mol. The highest BCUT2D eigenvalue weighted by Gasteiger charge is 2.36. The molecule has 0 unspecified atom stereocenters. The van der Waals surface area contributed by atoms with Crippen molar-refractivity contribution in [2.45, 2.75) is 31.7 Å². The number of hydrogen-bond donors (Lipinski definition) is 1. The van der Waals surface area contributed by atoms with Crippen molar-refractivity contribution in [1.82, 2.24) is 14.9 Å². The summed E-state index contributed by atoms with van der Waals surface area (Å²) in [5.41, 5.74) is 5.37. The molecule has 4 rings (SSSR count). The Bertz CT molecular complexity index is 817. The maximum absolute atomic E-state index is 13.2. The van der Waals surface area contributed by atoms with E-state index in [0.717, 1.165) is 56.1 Å². The summed E-state index contributed by atoms with van der Waals surface area (Å²) in [6.45, 7) is 2.38. The van der Waals surface area contributed by atoms with Crippen molar-refractivity contribution in [3.05, 3.63) is 40.3 Å². The summed E-state index contributed by atoms with van der Waals surface area (Å²) in [5.74, 6) is 0.610. The third kappa shape index (κ3) is 3.66. The summed E-state index contributed by atoms with van der Waals surface area (Å²) in [7, 11) is 0. The summed E-state index contributed by atoms with van der Waals surface area (Å²) in [6.07, 6.45) is 7.07. The van der Waals surface area contributed by atoms with Crippen molar-refractivity contribution in [2.75, 3.05) is 24.5 Å². The average Bonchev–Trinajstić information content (AvgIpc) is 3.37. The number of aromatic nitrogens is 2. The lowest BCUT2D eigenvalue weighted by Crippen LogP contribution is -2.42. The lowest BCUT2D eigenvalue weighted by Gasteiger charge is -2.34. The number of piperidine rings is 1. The van der Waals surface area contributed by atoms with Gasteiger partial charge in [0, 0.05) is 42.8 Å². The quantitative estimate of drug-likeness (QED) is 0.871. The number of primary amides is 1. The first-order chi connectivity index (χ1) is 13.1. The molecule has 8 heteroatoms. The number of rotatable bonds is 4. The first-order valence-electron chi connectivity index (χ1n) is 9.35. The fourth-order valence-corrected chi connectivity index (χ4v) is 5.01. The summed E-state index contributed by atoms with van der Waals surface area (Å²) in [4.78, 5) is 38.9. The van der Waals surface area contributed by atoms with E-state index in [1.165, 1.54) is 11.3 Å². The number of amides is 2. The first-order valence-corrected chi connectivity index (χ1v) is 10.2. The summed E-state index contributed by atoms with van der Waals surface area (Å²) in [6, 6.07) is 5.59. The first kappa shape index (κ1) is 17.9. The minimum atomic E-state index is -0.405. The van der Waals surface area contributed by atoms with Gasteiger partial charge in [0.1, 0.15) is 0 Å². The van der Waals surface area contributed by atoms with Crippen LogP contribution in [0.4, 0.5) is 5.95 Å². The fraction of sp³-hybridized carbons (Fsp3) is 0.474. The summed E-state index contributed by atoms with van der Waals surface area (Å²) >= 11 is 1.41. The monoisotopic (exact) mass is 385 g/mol. The number of carbonyl (C=O) groups excluding carboxylic acids is 2. The van der Waals surface area contributed by atoms with Gasteiger partial charge in [-0.1, -0.05) is 0 Å². The Hall–Kier alpha value is -2.48. The van der Waals surface area contributed by atoms with Crippen LogP contribution in [0.1, 0.15) is 46.3 Å². The van der Waals surface area contributed by atoms with Gasteiger partial charge in [-0.3, -0.25) is 9.59 Å². The van der Waals surface area contributed by atoms with Gasteiger partial charge in [-0.25, -0.2) is 9.97 Å². The van der Waals surface area contributed by atoms with Crippen molar-refractivity contribution in [2.24, 2.45) is 11.7 Å².